The molecule has 1 heteroatoms. The van der Waals surface area contributed by atoms with Gasteiger partial charge in [0.2, 0.25) is 0 Å². The third kappa shape index (κ3) is 5.14. The van der Waals surface area contributed by atoms with Crippen LogP contribution in [0.15, 0.2) is 22.5 Å². The summed E-state index contributed by atoms with van der Waals surface area (Å²) in [5.74, 6) is 0.663. The van der Waals surface area contributed by atoms with Crippen LogP contribution in [-0.4, -0.2) is 0 Å². The first-order chi connectivity index (χ1) is 5.22. The fourth-order valence-corrected chi connectivity index (χ4v) is 1.60. The van der Waals surface area contributed by atoms with Crippen LogP contribution in [0.4, 0.5) is 0 Å². The zero-order valence-electron chi connectivity index (χ0n) is 7.92. The molecule has 0 aromatic rings. The molecule has 0 unspecified atom stereocenters. The maximum atomic E-state index is 2.30. The average molecular weight is 170 g/mol. The van der Waals surface area contributed by atoms with Crippen molar-refractivity contribution in [1.82, 2.24) is 0 Å². The number of thioether (sulfide) groups is 1. The highest BCUT2D eigenvalue weighted by molar-refractivity contribution is 8.05. The zero-order chi connectivity index (χ0) is 8.69. The van der Waals surface area contributed by atoms with Crippen LogP contribution in [0.3, 0.4) is 0 Å². The summed E-state index contributed by atoms with van der Waals surface area (Å²) < 4.78 is 0. The van der Waals surface area contributed by atoms with Crippen LogP contribution in [0.5, 0.6) is 0 Å². The molecule has 0 heterocycles. The molecule has 0 spiro atoms. The summed E-state index contributed by atoms with van der Waals surface area (Å²) in [5.41, 5.74) is 0. The number of allylic oxidation sites excluding steroid dienone is 3. The molecule has 0 amide bonds. The molecule has 0 bridgehead atoms. The average Bonchev–Trinajstić information content (AvgIpc) is 1.97. The molecule has 0 N–H and O–H groups in total. The van der Waals surface area contributed by atoms with Crippen molar-refractivity contribution in [3.05, 3.63) is 22.5 Å². The fraction of sp³-hybridized carbons (Fsp3) is 0.600. The zero-order valence-corrected chi connectivity index (χ0v) is 8.74. The molecule has 0 aliphatic heterocycles. The van der Waals surface area contributed by atoms with Gasteiger partial charge in [-0.05, 0) is 29.6 Å². The number of hydrogen-bond acceptors (Lipinski definition) is 1. The summed E-state index contributed by atoms with van der Waals surface area (Å²) in [7, 11) is 0. The Bertz CT molecular complexity index is 143. The van der Waals surface area contributed by atoms with E-state index < -0.39 is 0 Å². The summed E-state index contributed by atoms with van der Waals surface area (Å²) >= 11 is 1.83. The summed E-state index contributed by atoms with van der Waals surface area (Å²) in [6.45, 7) is 8.70. The van der Waals surface area contributed by atoms with Gasteiger partial charge in [0, 0.05) is 0 Å². The van der Waals surface area contributed by atoms with Gasteiger partial charge in [0.05, 0.1) is 0 Å². The topological polar surface area (TPSA) is 0 Å². The Morgan fingerprint density at radius 3 is 2.45 bits per heavy atom. The SMILES string of the molecule is C/C=C\S/C(=C\CC)C(C)C. The monoisotopic (exact) mass is 170 g/mol. The first-order valence-corrected chi connectivity index (χ1v) is 5.08. The van der Waals surface area contributed by atoms with Gasteiger partial charge < -0.3 is 0 Å². The van der Waals surface area contributed by atoms with Gasteiger partial charge in [-0.1, -0.05) is 32.9 Å². The lowest BCUT2D eigenvalue weighted by molar-refractivity contribution is 0.811. The summed E-state index contributed by atoms with van der Waals surface area (Å²) in [5, 5.41) is 2.14. The van der Waals surface area contributed by atoms with Gasteiger partial charge in [-0.2, -0.15) is 0 Å². The summed E-state index contributed by atoms with van der Waals surface area (Å²) in [6.07, 6.45) is 5.52. The predicted molar refractivity (Wildman–Crippen MR) is 55.6 cm³/mol. The molecule has 0 rings (SSSR count). The standard InChI is InChI=1S/C10H18S/c1-5-7-10(9(3)4)11-8-6-2/h6-9H,5H2,1-4H3/b8-6-,10-7-. The highest BCUT2D eigenvalue weighted by atomic mass is 32.2. The summed E-state index contributed by atoms with van der Waals surface area (Å²) in [6, 6.07) is 0. The Hall–Kier alpha value is -0.170. The quantitative estimate of drug-likeness (QED) is 0.609. The van der Waals surface area contributed by atoms with Gasteiger partial charge in [0.15, 0.2) is 0 Å². The van der Waals surface area contributed by atoms with E-state index in [1.54, 1.807) is 0 Å². The van der Waals surface area contributed by atoms with Crippen molar-refractivity contribution in [3.8, 4) is 0 Å². The van der Waals surface area contributed by atoms with E-state index in [1.165, 1.54) is 4.91 Å². The lowest BCUT2D eigenvalue weighted by Crippen LogP contribution is -1.87. The maximum absolute atomic E-state index is 2.30. The van der Waals surface area contributed by atoms with Crippen LogP contribution in [0, 0.1) is 5.92 Å². The highest BCUT2D eigenvalue weighted by Gasteiger charge is 1.99. The van der Waals surface area contributed by atoms with E-state index in [9.17, 15) is 0 Å². The van der Waals surface area contributed by atoms with Gasteiger partial charge in [-0.15, -0.1) is 11.8 Å². The van der Waals surface area contributed by atoms with Crippen molar-refractivity contribution in [2.24, 2.45) is 5.92 Å². The fourth-order valence-electron chi connectivity index (χ4n) is 0.768. The molecule has 0 nitrogen and oxygen atoms in total. The molecule has 0 fully saturated rings. The maximum Gasteiger partial charge on any atom is -0.0123 e. The van der Waals surface area contributed by atoms with Crippen molar-refractivity contribution in [2.45, 2.75) is 34.1 Å². The van der Waals surface area contributed by atoms with E-state index in [0.717, 1.165) is 6.42 Å². The van der Waals surface area contributed by atoms with Crippen LogP contribution in [0.1, 0.15) is 34.1 Å². The van der Waals surface area contributed by atoms with Crippen molar-refractivity contribution in [2.75, 3.05) is 0 Å². The molecule has 0 aliphatic rings. The van der Waals surface area contributed by atoms with E-state index in [2.05, 4.69) is 45.3 Å². The van der Waals surface area contributed by atoms with E-state index in [4.69, 9.17) is 0 Å². The molecule has 0 saturated carbocycles. The Labute approximate surface area is 74.8 Å². The van der Waals surface area contributed by atoms with Crippen molar-refractivity contribution >= 4 is 11.8 Å². The second-order valence-electron chi connectivity index (χ2n) is 2.76. The molecule has 0 aromatic heterocycles. The number of hydrogen-bond donors (Lipinski definition) is 0. The second-order valence-corrected chi connectivity index (χ2v) is 3.74. The van der Waals surface area contributed by atoms with Crippen LogP contribution >= 0.6 is 11.8 Å². The van der Waals surface area contributed by atoms with Gasteiger partial charge >= 0.3 is 0 Å². The molecule has 0 radical (unpaired) electrons. The normalized spacial score (nSPS) is 13.4. The van der Waals surface area contributed by atoms with Gasteiger partial charge in [-0.3, -0.25) is 0 Å². The van der Waals surface area contributed by atoms with Gasteiger partial charge in [0.25, 0.3) is 0 Å². The lowest BCUT2D eigenvalue weighted by Gasteiger charge is -2.06. The predicted octanol–water partition coefficient (Wildman–Crippen LogP) is 4.20. The first-order valence-electron chi connectivity index (χ1n) is 4.20. The molecular weight excluding hydrogens is 152 g/mol. The van der Waals surface area contributed by atoms with E-state index in [0.29, 0.717) is 5.92 Å². The largest absolute Gasteiger partial charge is 0.103 e. The molecule has 64 valence electrons. The van der Waals surface area contributed by atoms with Crippen LogP contribution in [0.2, 0.25) is 0 Å². The molecule has 11 heavy (non-hydrogen) atoms. The Kier molecular flexibility index (Phi) is 6.43. The van der Waals surface area contributed by atoms with Gasteiger partial charge in [0.1, 0.15) is 0 Å². The minimum Gasteiger partial charge on any atom is -0.103 e. The third-order valence-electron chi connectivity index (χ3n) is 1.31. The van der Waals surface area contributed by atoms with Crippen molar-refractivity contribution < 1.29 is 0 Å². The van der Waals surface area contributed by atoms with Gasteiger partial charge in [-0.25, -0.2) is 0 Å². The smallest absolute Gasteiger partial charge is 0.0123 e. The molecule has 0 atom stereocenters. The Morgan fingerprint density at radius 2 is 2.09 bits per heavy atom. The van der Waals surface area contributed by atoms with Crippen molar-refractivity contribution in [3.63, 3.8) is 0 Å². The minimum absolute atomic E-state index is 0.663. The molecule has 0 saturated heterocycles. The lowest BCUT2D eigenvalue weighted by atomic mass is 10.2. The molecule has 0 aromatic carbocycles. The van der Waals surface area contributed by atoms with Crippen molar-refractivity contribution in [1.29, 1.82) is 0 Å². The first kappa shape index (κ1) is 10.8. The number of rotatable bonds is 4. The Morgan fingerprint density at radius 1 is 1.45 bits per heavy atom. The van der Waals surface area contributed by atoms with Crippen LogP contribution in [-0.2, 0) is 0 Å². The highest BCUT2D eigenvalue weighted by Crippen LogP contribution is 2.25. The van der Waals surface area contributed by atoms with Crippen LogP contribution < -0.4 is 0 Å². The van der Waals surface area contributed by atoms with E-state index in [-0.39, 0.29) is 0 Å². The van der Waals surface area contributed by atoms with E-state index in [1.807, 2.05) is 11.8 Å². The minimum atomic E-state index is 0.663. The molecular formula is C10H18S. The third-order valence-corrected chi connectivity index (χ3v) is 2.63. The summed E-state index contributed by atoms with van der Waals surface area (Å²) in [4.78, 5) is 1.48. The van der Waals surface area contributed by atoms with Crippen LogP contribution in [0.25, 0.3) is 0 Å². The Balaban J connectivity index is 4.00. The second kappa shape index (κ2) is 6.53. The molecule has 0 aliphatic carbocycles. The van der Waals surface area contributed by atoms with E-state index >= 15 is 0 Å².